The first-order valence-electron chi connectivity index (χ1n) is 10.5. The third kappa shape index (κ3) is 4.36. The van der Waals surface area contributed by atoms with Crippen molar-refractivity contribution in [3.8, 4) is 0 Å². The molecule has 3 aromatic rings. The van der Waals surface area contributed by atoms with Crippen LogP contribution in [0.3, 0.4) is 0 Å². The molecule has 4 rings (SSSR count). The Bertz CT molecular complexity index is 1030. The molecule has 2 aromatic carbocycles. The van der Waals surface area contributed by atoms with Crippen molar-refractivity contribution in [1.29, 1.82) is 0 Å². The molecule has 152 valence electrons. The Kier molecular flexibility index (Phi) is 5.97. The van der Waals surface area contributed by atoms with Gasteiger partial charge in [0, 0.05) is 45.0 Å². The highest BCUT2D eigenvalue weighted by Crippen LogP contribution is 2.16. The van der Waals surface area contributed by atoms with Crippen molar-refractivity contribution in [3.05, 3.63) is 77.2 Å². The Hall–Kier alpha value is -2.63. The van der Waals surface area contributed by atoms with Gasteiger partial charge in [-0.3, -0.25) is 14.0 Å². The topological polar surface area (TPSA) is 33.4 Å². The molecule has 1 aromatic heterocycles. The Balaban J connectivity index is 1.32. The minimum Gasteiger partial charge on any atom is -0.301 e. The molecular weight excluding hydrogens is 360 g/mol. The summed E-state index contributed by atoms with van der Waals surface area (Å²) < 4.78 is 3.62. The van der Waals surface area contributed by atoms with Crippen molar-refractivity contribution in [3.63, 3.8) is 0 Å². The van der Waals surface area contributed by atoms with Crippen LogP contribution in [-0.4, -0.2) is 51.7 Å². The smallest absolute Gasteiger partial charge is 0.301 e. The first kappa shape index (κ1) is 19.7. The number of aryl methyl sites for hydroxylation is 1. The second kappa shape index (κ2) is 8.80. The number of para-hydroxylation sites is 2. The van der Waals surface area contributed by atoms with Crippen molar-refractivity contribution < 1.29 is 0 Å². The molecule has 0 N–H and O–H groups in total. The summed E-state index contributed by atoms with van der Waals surface area (Å²) >= 11 is 0. The average Bonchev–Trinajstić information content (AvgIpc) is 3.02. The molecule has 1 fully saturated rings. The summed E-state index contributed by atoms with van der Waals surface area (Å²) in [6, 6.07) is 18.7. The van der Waals surface area contributed by atoms with Crippen LogP contribution in [0.5, 0.6) is 0 Å². The van der Waals surface area contributed by atoms with E-state index >= 15 is 0 Å². The van der Waals surface area contributed by atoms with Gasteiger partial charge in [-0.1, -0.05) is 49.0 Å². The lowest BCUT2D eigenvalue weighted by Crippen LogP contribution is -2.46. The molecule has 29 heavy (non-hydrogen) atoms. The molecular formula is C24H30N4O. The van der Waals surface area contributed by atoms with Gasteiger partial charge in [-0.15, -0.1) is 0 Å². The maximum atomic E-state index is 12.9. The zero-order valence-corrected chi connectivity index (χ0v) is 17.3. The average molecular weight is 391 g/mol. The molecule has 5 heteroatoms. The van der Waals surface area contributed by atoms with Crippen molar-refractivity contribution >= 4 is 16.7 Å². The standard InChI is InChI=1S/C24H30N4O/c1-20(2)28-23-12-7-6-11-22(23)27(24(28)29)14-8-13-25-15-17-26(18-16-25)19-21-9-4-3-5-10-21/h3-7,9-12H,1,8,13-19H2,2H3. The van der Waals surface area contributed by atoms with E-state index < -0.39 is 0 Å². The molecule has 0 amide bonds. The third-order valence-corrected chi connectivity index (χ3v) is 5.79. The summed E-state index contributed by atoms with van der Waals surface area (Å²) in [4.78, 5) is 17.9. The molecule has 0 aliphatic carbocycles. The largest absolute Gasteiger partial charge is 0.333 e. The van der Waals surface area contributed by atoms with E-state index in [4.69, 9.17) is 0 Å². The van der Waals surface area contributed by atoms with Crippen LogP contribution in [0, 0.1) is 0 Å². The Morgan fingerprint density at radius 1 is 0.862 bits per heavy atom. The molecule has 0 radical (unpaired) electrons. The molecule has 1 aliphatic rings. The fourth-order valence-electron chi connectivity index (χ4n) is 4.26. The van der Waals surface area contributed by atoms with Gasteiger partial charge in [0.05, 0.1) is 11.0 Å². The van der Waals surface area contributed by atoms with Gasteiger partial charge >= 0.3 is 5.69 Å². The number of fused-ring (bicyclic) bond motifs is 1. The second-order valence-electron chi connectivity index (χ2n) is 7.95. The number of imidazole rings is 1. The van der Waals surface area contributed by atoms with Gasteiger partial charge in [-0.25, -0.2) is 4.79 Å². The van der Waals surface area contributed by atoms with E-state index in [-0.39, 0.29) is 5.69 Å². The van der Waals surface area contributed by atoms with Gasteiger partial charge in [0.2, 0.25) is 0 Å². The minimum absolute atomic E-state index is 0.0198. The van der Waals surface area contributed by atoms with Crippen LogP contribution >= 0.6 is 0 Å². The maximum absolute atomic E-state index is 12.9. The highest BCUT2D eigenvalue weighted by Gasteiger charge is 2.17. The van der Waals surface area contributed by atoms with Crippen molar-refractivity contribution in [2.75, 3.05) is 32.7 Å². The van der Waals surface area contributed by atoms with E-state index in [9.17, 15) is 4.79 Å². The lowest BCUT2D eigenvalue weighted by molar-refractivity contribution is 0.125. The third-order valence-electron chi connectivity index (χ3n) is 5.79. The van der Waals surface area contributed by atoms with Crippen molar-refractivity contribution in [1.82, 2.24) is 18.9 Å². The monoisotopic (exact) mass is 390 g/mol. The van der Waals surface area contributed by atoms with E-state index in [1.807, 2.05) is 35.8 Å². The fraction of sp³-hybridized carbons (Fsp3) is 0.375. The van der Waals surface area contributed by atoms with E-state index in [1.54, 1.807) is 4.57 Å². The lowest BCUT2D eigenvalue weighted by Gasteiger charge is -2.34. The predicted octanol–water partition coefficient (Wildman–Crippen LogP) is 3.50. The SMILES string of the molecule is C=C(C)n1c(=O)n(CCCN2CCN(Cc3ccccc3)CC2)c2ccccc21. The van der Waals surface area contributed by atoms with E-state index in [0.717, 1.165) is 69.0 Å². The molecule has 0 unspecified atom stereocenters. The molecule has 2 heterocycles. The molecule has 0 saturated carbocycles. The number of nitrogens with zero attached hydrogens (tertiary/aromatic N) is 4. The number of hydrogen-bond acceptors (Lipinski definition) is 3. The van der Waals surface area contributed by atoms with Gasteiger partial charge in [0.1, 0.15) is 0 Å². The minimum atomic E-state index is 0.0198. The molecule has 0 bridgehead atoms. The Morgan fingerprint density at radius 2 is 1.48 bits per heavy atom. The highest BCUT2D eigenvalue weighted by atomic mass is 16.1. The van der Waals surface area contributed by atoms with Gasteiger partial charge in [0.25, 0.3) is 0 Å². The van der Waals surface area contributed by atoms with Crippen molar-refractivity contribution in [2.24, 2.45) is 0 Å². The number of benzene rings is 2. The van der Waals surface area contributed by atoms with Gasteiger partial charge in [-0.2, -0.15) is 0 Å². The van der Waals surface area contributed by atoms with E-state index in [2.05, 4.69) is 46.7 Å². The van der Waals surface area contributed by atoms with E-state index in [0.29, 0.717) is 0 Å². The lowest BCUT2D eigenvalue weighted by atomic mass is 10.2. The van der Waals surface area contributed by atoms with Gasteiger partial charge in [-0.05, 0) is 37.6 Å². The van der Waals surface area contributed by atoms with Gasteiger partial charge < -0.3 is 4.90 Å². The molecule has 5 nitrogen and oxygen atoms in total. The number of hydrogen-bond donors (Lipinski definition) is 0. The zero-order chi connectivity index (χ0) is 20.2. The number of aromatic nitrogens is 2. The summed E-state index contributed by atoms with van der Waals surface area (Å²) in [5, 5.41) is 0. The molecule has 1 aliphatic heterocycles. The van der Waals surface area contributed by atoms with Crippen LogP contribution in [0.4, 0.5) is 0 Å². The normalized spacial score (nSPS) is 15.8. The maximum Gasteiger partial charge on any atom is 0.333 e. The summed E-state index contributed by atoms with van der Waals surface area (Å²) in [7, 11) is 0. The van der Waals surface area contributed by atoms with E-state index in [1.165, 1.54) is 5.56 Å². The van der Waals surface area contributed by atoms with Crippen LogP contribution in [-0.2, 0) is 13.1 Å². The van der Waals surface area contributed by atoms with Crippen molar-refractivity contribution in [2.45, 2.75) is 26.4 Å². The molecule has 0 spiro atoms. The first-order chi connectivity index (χ1) is 14.1. The van der Waals surface area contributed by atoms with Crippen LogP contribution in [0.1, 0.15) is 18.9 Å². The summed E-state index contributed by atoms with van der Waals surface area (Å²) in [5.41, 5.74) is 4.10. The summed E-state index contributed by atoms with van der Waals surface area (Å²) in [6.07, 6.45) is 0.975. The Labute approximate surface area is 172 Å². The van der Waals surface area contributed by atoms with Gasteiger partial charge in [0.15, 0.2) is 0 Å². The van der Waals surface area contributed by atoms with Crippen LogP contribution < -0.4 is 5.69 Å². The van der Waals surface area contributed by atoms with Crippen LogP contribution in [0.2, 0.25) is 0 Å². The second-order valence-corrected chi connectivity index (χ2v) is 7.95. The molecule has 0 atom stereocenters. The quantitative estimate of drug-likeness (QED) is 0.619. The summed E-state index contributed by atoms with van der Waals surface area (Å²) in [5.74, 6) is 0. The summed E-state index contributed by atoms with van der Waals surface area (Å²) in [6.45, 7) is 13.0. The predicted molar refractivity (Wildman–Crippen MR) is 120 cm³/mol. The molecule has 1 saturated heterocycles. The number of rotatable bonds is 7. The number of piperazine rings is 1. The zero-order valence-electron chi connectivity index (χ0n) is 17.3. The van der Waals surface area contributed by atoms with Crippen LogP contribution in [0.15, 0.2) is 66.0 Å². The first-order valence-corrected chi connectivity index (χ1v) is 10.5. The van der Waals surface area contributed by atoms with Crippen LogP contribution in [0.25, 0.3) is 16.7 Å². The fourth-order valence-corrected chi connectivity index (χ4v) is 4.26. The Morgan fingerprint density at radius 3 is 2.17 bits per heavy atom. The number of allylic oxidation sites excluding steroid dienone is 1. The highest BCUT2D eigenvalue weighted by molar-refractivity contribution is 5.79.